The summed E-state index contributed by atoms with van der Waals surface area (Å²) in [5, 5.41) is 18.2. The molecule has 3 rings (SSSR count). The Labute approximate surface area is 145 Å². The molecule has 1 aromatic carbocycles. The number of rotatable bonds is 5. The standard InChI is InChI=1S/C19H20N4O2/c1-19(25,16-11-22-23(2)12-16)13-21-17(24)9-8-15-6-3-5-14-7-4-10-20-18(14)15/h3-12,25H,13H2,1-2H3,(H,21,24). The molecule has 6 nitrogen and oxygen atoms in total. The molecule has 0 spiro atoms. The smallest absolute Gasteiger partial charge is 0.244 e. The van der Waals surface area contributed by atoms with Crippen LogP contribution in [0.25, 0.3) is 17.0 Å². The molecule has 3 aromatic rings. The van der Waals surface area contributed by atoms with Crippen molar-refractivity contribution in [3.05, 3.63) is 66.1 Å². The molecular weight excluding hydrogens is 316 g/mol. The van der Waals surface area contributed by atoms with E-state index in [1.165, 1.54) is 6.08 Å². The Morgan fingerprint density at radius 2 is 2.16 bits per heavy atom. The summed E-state index contributed by atoms with van der Waals surface area (Å²) < 4.78 is 1.61. The fraction of sp³-hybridized carbons (Fsp3) is 0.211. The Morgan fingerprint density at radius 3 is 2.92 bits per heavy atom. The van der Waals surface area contributed by atoms with Gasteiger partial charge in [-0.2, -0.15) is 5.10 Å². The Bertz CT molecular complexity index is 923. The van der Waals surface area contributed by atoms with E-state index in [2.05, 4.69) is 15.4 Å². The van der Waals surface area contributed by atoms with E-state index in [0.717, 1.165) is 16.5 Å². The summed E-state index contributed by atoms with van der Waals surface area (Å²) in [6.07, 6.45) is 8.21. The summed E-state index contributed by atoms with van der Waals surface area (Å²) in [4.78, 5) is 16.4. The number of aryl methyl sites for hydroxylation is 1. The number of carbonyl (C=O) groups is 1. The first-order chi connectivity index (χ1) is 12.0. The lowest BCUT2D eigenvalue weighted by atomic mass is 10.00. The van der Waals surface area contributed by atoms with Crippen molar-refractivity contribution >= 4 is 22.9 Å². The molecule has 6 heteroatoms. The number of benzene rings is 1. The van der Waals surface area contributed by atoms with Gasteiger partial charge in [-0.3, -0.25) is 14.5 Å². The third-order valence-electron chi connectivity index (χ3n) is 4.01. The van der Waals surface area contributed by atoms with E-state index in [9.17, 15) is 9.90 Å². The average Bonchev–Trinajstić information content (AvgIpc) is 3.05. The molecule has 0 aliphatic carbocycles. The highest BCUT2D eigenvalue weighted by Gasteiger charge is 2.24. The van der Waals surface area contributed by atoms with Crippen molar-refractivity contribution in [3.8, 4) is 0 Å². The number of nitrogens with one attached hydrogen (secondary N) is 1. The average molecular weight is 336 g/mol. The van der Waals surface area contributed by atoms with Gasteiger partial charge < -0.3 is 10.4 Å². The van der Waals surface area contributed by atoms with Gasteiger partial charge in [0.1, 0.15) is 5.60 Å². The number of nitrogens with zero attached hydrogens (tertiary/aromatic N) is 3. The molecule has 0 aliphatic rings. The monoisotopic (exact) mass is 336 g/mol. The van der Waals surface area contributed by atoms with Crippen LogP contribution in [0.3, 0.4) is 0 Å². The van der Waals surface area contributed by atoms with E-state index < -0.39 is 5.60 Å². The first kappa shape index (κ1) is 16.9. The Balaban J connectivity index is 1.67. The van der Waals surface area contributed by atoms with Crippen LogP contribution in [0.2, 0.25) is 0 Å². The quantitative estimate of drug-likeness (QED) is 0.699. The van der Waals surface area contributed by atoms with Gasteiger partial charge in [0, 0.05) is 42.0 Å². The molecule has 2 aromatic heterocycles. The van der Waals surface area contributed by atoms with Crippen molar-refractivity contribution in [2.45, 2.75) is 12.5 Å². The minimum absolute atomic E-state index is 0.0929. The minimum Gasteiger partial charge on any atom is -0.383 e. The van der Waals surface area contributed by atoms with Crippen LogP contribution in [0.5, 0.6) is 0 Å². The van der Waals surface area contributed by atoms with Crippen LogP contribution in [0, 0.1) is 0 Å². The Kier molecular flexibility index (Phi) is 4.63. The van der Waals surface area contributed by atoms with Crippen LogP contribution >= 0.6 is 0 Å². The molecule has 0 fully saturated rings. The lowest BCUT2D eigenvalue weighted by molar-refractivity contribution is -0.117. The number of fused-ring (bicyclic) bond motifs is 1. The molecule has 2 N–H and O–H groups in total. The lowest BCUT2D eigenvalue weighted by Crippen LogP contribution is -2.37. The second-order valence-electron chi connectivity index (χ2n) is 6.15. The largest absolute Gasteiger partial charge is 0.383 e. The zero-order valence-corrected chi connectivity index (χ0v) is 14.2. The summed E-state index contributed by atoms with van der Waals surface area (Å²) in [7, 11) is 1.78. The van der Waals surface area contributed by atoms with Crippen LogP contribution in [0.1, 0.15) is 18.1 Å². The summed E-state index contributed by atoms with van der Waals surface area (Å²) in [5.41, 5.74) is 1.18. The van der Waals surface area contributed by atoms with Crippen LogP contribution < -0.4 is 5.32 Å². The second kappa shape index (κ2) is 6.86. The zero-order valence-electron chi connectivity index (χ0n) is 14.2. The highest BCUT2D eigenvalue weighted by Crippen LogP contribution is 2.19. The number of para-hydroxylation sites is 1. The number of carbonyl (C=O) groups excluding carboxylic acids is 1. The number of hydrogen-bond donors (Lipinski definition) is 2. The van der Waals surface area contributed by atoms with Gasteiger partial charge in [-0.15, -0.1) is 0 Å². The van der Waals surface area contributed by atoms with Crippen molar-refractivity contribution < 1.29 is 9.90 Å². The van der Waals surface area contributed by atoms with Gasteiger partial charge in [0.25, 0.3) is 0 Å². The van der Waals surface area contributed by atoms with Crippen LogP contribution in [-0.2, 0) is 17.4 Å². The summed E-state index contributed by atoms with van der Waals surface area (Å²) >= 11 is 0. The van der Waals surface area contributed by atoms with Crippen molar-refractivity contribution in [1.29, 1.82) is 0 Å². The van der Waals surface area contributed by atoms with E-state index in [4.69, 9.17) is 0 Å². The van der Waals surface area contributed by atoms with Gasteiger partial charge in [-0.25, -0.2) is 0 Å². The van der Waals surface area contributed by atoms with Crippen LogP contribution in [-0.4, -0.2) is 32.3 Å². The van der Waals surface area contributed by atoms with Crippen molar-refractivity contribution in [1.82, 2.24) is 20.1 Å². The van der Waals surface area contributed by atoms with Crippen LogP contribution in [0.4, 0.5) is 0 Å². The summed E-state index contributed by atoms with van der Waals surface area (Å²) in [6.45, 7) is 1.73. The lowest BCUT2D eigenvalue weighted by Gasteiger charge is -2.21. The molecular formula is C19H20N4O2. The van der Waals surface area contributed by atoms with Gasteiger partial charge in [-0.05, 0) is 19.1 Å². The fourth-order valence-corrected chi connectivity index (χ4v) is 2.55. The Hall–Kier alpha value is -2.99. The molecule has 2 heterocycles. The highest BCUT2D eigenvalue weighted by molar-refractivity contribution is 5.95. The third kappa shape index (κ3) is 3.92. The first-order valence-corrected chi connectivity index (χ1v) is 7.97. The molecule has 0 radical (unpaired) electrons. The number of amides is 1. The van der Waals surface area contributed by atoms with E-state index in [1.54, 1.807) is 43.3 Å². The molecule has 0 bridgehead atoms. The number of hydrogen-bond acceptors (Lipinski definition) is 4. The second-order valence-corrected chi connectivity index (χ2v) is 6.15. The topological polar surface area (TPSA) is 80.0 Å². The molecule has 1 atom stereocenters. The first-order valence-electron chi connectivity index (χ1n) is 7.97. The normalized spacial score (nSPS) is 13.9. The van der Waals surface area contributed by atoms with Gasteiger partial charge in [0.15, 0.2) is 0 Å². The molecule has 128 valence electrons. The van der Waals surface area contributed by atoms with E-state index in [1.807, 2.05) is 30.3 Å². The Morgan fingerprint density at radius 1 is 1.36 bits per heavy atom. The fourth-order valence-electron chi connectivity index (χ4n) is 2.55. The predicted octanol–water partition coefficient (Wildman–Crippen LogP) is 2.01. The number of aliphatic hydroxyl groups is 1. The van der Waals surface area contributed by atoms with Crippen molar-refractivity contribution in [3.63, 3.8) is 0 Å². The van der Waals surface area contributed by atoms with Crippen molar-refractivity contribution in [2.24, 2.45) is 7.05 Å². The molecule has 1 amide bonds. The maximum absolute atomic E-state index is 12.1. The summed E-state index contributed by atoms with van der Waals surface area (Å²) in [6, 6.07) is 9.67. The van der Waals surface area contributed by atoms with Crippen LogP contribution in [0.15, 0.2) is 55.0 Å². The molecule has 0 aliphatic heterocycles. The summed E-state index contributed by atoms with van der Waals surface area (Å²) in [5.74, 6) is -0.280. The van der Waals surface area contributed by atoms with Gasteiger partial charge in [0.05, 0.1) is 18.3 Å². The van der Waals surface area contributed by atoms with E-state index in [0.29, 0.717) is 5.56 Å². The zero-order chi connectivity index (χ0) is 17.9. The number of pyridine rings is 1. The van der Waals surface area contributed by atoms with E-state index in [-0.39, 0.29) is 12.5 Å². The van der Waals surface area contributed by atoms with Gasteiger partial charge in [0.2, 0.25) is 5.91 Å². The molecule has 1 unspecified atom stereocenters. The maximum Gasteiger partial charge on any atom is 0.244 e. The highest BCUT2D eigenvalue weighted by atomic mass is 16.3. The van der Waals surface area contributed by atoms with Gasteiger partial charge in [-0.1, -0.05) is 24.3 Å². The number of aromatic nitrogens is 3. The molecule has 0 saturated heterocycles. The maximum atomic E-state index is 12.1. The minimum atomic E-state index is -1.18. The SMILES string of the molecule is Cn1cc(C(C)(O)CNC(=O)C=Cc2cccc3cccnc23)cn1. The molecule has 0 saturated carbocycles. The van der Waals surface area contributed by atoms with Crippen molar-refractivity contribution in [2.75, 3.05) is 6.54 Å². The van der Waals surface area contributed by atoms with E-state index >= 15 is 0 Å². The predicted molar refractivity (Wildman–Crippen MR) is 96.6 cm³/mol. The molecule has 25 heavy (non-hydrogen) atoms. The third-order valence-corrected chi connectivity index (χ3v) is 4.01. The van der Waals surface area contributed by atoms with Gasteiger partial charge >= 0.3 is 0 Å².